The number of rotatable bonds is 9. The molecule has 4 rings (SSSR count). The monoisotopic (exact) mass is 498 g/mol. The molecule has 0 aromatic carbocycles. The first kappa shape index (κ1) is 23.9. The van der Waals surface area contributed by atoms with Crippen LogP contribution in [0.3, 0.4) is 0 Å². The summed E-state index contributed by atoms with van der Waals surface area (Å²) >= 11 is 5.97. The van der Waals surface area contributed by atoms with Gasteiger partial charge in [0.25, 0.3) is 5.91 Å². The van der Waals surface area contributed by atoms with Gasteiger partial charge in [0.15, 0.2) is 11.4 Å². The Hall–Kier alpha value is -3.28. The third-order valence-corrected chi connectivity index (χ3v) is 5.67. The lowest BCUT2D eigenvalue weighted by atomic mass is 10.2. The van der Waals surface area contributed by atoms with Gasteiger partial charge in [0, 0.05) is 25.1 Å². The largest absolute Gasteiger partial charge is 0.467 e. The zero-order valence-electron chi connectivity index (χ0n) is 18.2. The molecule has 0 radical (unpaired) electrons. The zero-order valence-corrected chi connectivity index (χ0v) is 18.9. The molecule has 9 nitrogen and oxygen atoms in total. The molecule has 0 aliphatic heterocycles. The first-order valence-electron chi connectivity index (χ1n) is 10.7. The Labute approximate surface area is 197 Å². The lowest BCUT2D eigenvalue weighted by molar-refractivity contribution is -0.141. The van der Waals surface area contributed by atoms with E-state index in [9.17, 15) is 22.8 Å². The number of nitrogens with one attached hydrogen (secondary N) is 2. The van der Waals surface area contributed by atoms with Gasteiger partial charge >= 0.3 is 6.18 Å². The van der Waals surface area contributed by atoms with Crippen LogP contribution in [0.5, 0.6) is 0 Å². The zero-order chi connectivity index (χ0) is 24.5. The molecule has 34 heavy (non-hydrogen) atoms. The summed E-state index contributed by atoms with van der Waals surface area (Å²) in [6.45, 7) is 2.34. The first-order chi connectivity index (χ1) is 16.2. The number of anilines is 1. The van der Waals surface area contributed by atoms with Gasteiger partial charge in [-0.2, -0.15) is 23.4 Å². The van der Waals surface area contributed by atoms with Gasteiger partial charge in [0.1, 0.15) is 5.76 Å². The molecule has 2 N–H and O–H groups in total. The molecular weight excluding hydrogens is 477 g/mol. The van der Waals surface area contributed by atoms with Crippen LogP contribution in [0.2, 0.25) is 5.02 Å². The summed E-state index contributed by atoms with van der Waals surface area (Å²) in [4.78, 5) is 25.2. The van der Waals surface area contributed by atoms with Crippen LogP contribution >= 0.6 is 11.6 Å². The van der Waals surface area contributed by atoms with Crippen LogP contribution in [0.4, 0.5) is 18.9 Å². The summed E-state index contributed by atoms with van der Waals surface area (Å²) in [6.07, 6.45) is -0.399. The van der Waals surface area contributed by atoms with E-state index in [1.165, 1.54) is 17.1 Å². The molecule has 1 aliphatic carbocycles. The maximum Gasteiger partial charge on any atom is 0.436 e. The normalized spacial score (nSPS) is 13.8. The van der Waals surface area contributed by atoms with E-state index in [0.717, 1.165) is 17.5 Å². The van der Waals surface area contributed by atoms with Crippen molar-refractivity contribution in [3.63, 3.8) is 0 Å². The highest BCUT2D eigenvalue weighted by Gasteiger charge is 2.42. The fourth-order valence-electron chi connectivity index (χ4n) is 3.48. The Morgan fingerprint density at radius 3 is 2.68 bits per heavy atom. The highest BCUT2D eigenvalue weighted by molar-refractivity contribution is 6.32. The molecule has 1 aliphatic rings. The molecule has 0 saturated heterocycles. The maximum atomic E-state index is 13.2. The fourth-order valence-corrected chi connectivity index (χ4v) is 3.88. The smallest absolute Gasteiger partial charge is 0.436 e. The number of nitrogens with zero attached hydrogens (tertiary/aromatic N) is 4. The van der Waals surface area contributed by atoms with Gasteiger partial charge in [0.2, 0.25) is 5.91 Å². The number of amides is 2. The molecule has 2 amide bonds. The van der Waals surface area contributed by atoms with Crippen molar-refractivity contribution in [3.05, 3.63) is 52.5 Å². The van der Waals surface area contributed by atoms with Gasteiger partial charge in [-0.25, -0.2) is 0 Å². The SMILES string of the molecule is CCn1cc(NC(=O)CCn2nc(C(F)(F)F)c(Cl)c2C2CC2)c(C(=O)NCc2ccco2)n1. The number of carbonyl (C=O) groups excluding carboxylic acids is 2. The number of furan rings is 1. The van der Waals surface area contributed by atoms with E-state index in [2.05, 4.69) is 20.8 Å². The van der Waals surface area contributed by atoms with Crippen LogP contribution in [-0.2, 0) is 30.6 Å². The van der Waals surface area contributed by atoms with Gasteiger partial charge in [-0.05, 0) is 31.9 Å². The van der Waals surface area contributed by atoms with Crippen LogP contribution in [0.1, 0.15) is 59.7 Å². The van der Waals surface area contributed by atoms with Gasteiger partial charge in [-0.3, -0.25) is 19.0 Å². The maximum absolute atomic E-state index is 13.2. The number of hydrogen-bond acceptors (Lipinski definition) is 5. The number of hydrogen-bond donors (Lipinski definition) is 2. The van der Waals surface area contributed by atoms with Crippen molar-refractivity contribution in [3.8, 4) is 0 Å². The predicted octanol–water partition coefficient (Wildman–Crippen LogP) is 4.20. The van der Waals surface area contributed by atoms with E-state index in [1.807, 2.05) is 6.92 Å². The number of carbonyl (C=O) groups is 2. The number of aryl methyl sites for hydroxylation is 2. The first-order valence-corrected chi connectivity index (χ1v) is 11.1. The lowest BCUT2D eigenvalue weighted by Crippen LogP contribution is -2.25. The minimum atomic E-state index is -4.68. The Morgan fingerprint density at radius 2 is 2.06 bits per heavy atom. The van der Waals surface area contributed by atoms with E-state index in [1.54, 1.807) is 12.1 Å². The molecule has 0 unspecified atom stereocenters. The fraction of sp³-hybridized carbons (Fsp3) is 0.429. The Bertz CT molecular complexity index is 1180. The quantitative estimate of drug-likeness (QED) is 0.460. The summed E-state index contributed by atoms with van der Waals surface area (Å²) in [5.41, 5.74) is -0.627. The second-order valence-electron chi connectivity index (χ2n) is 7.85. The molecule has 3 aromatic heterocycles. The minimum Gasteiger partial charge on any atom is -0.467 e. The van der Waals surface area contributed by atoms with Crippen LogP contribution in [0, 0.1) is 0 Å². The predicted molar refractivity (Wildman–Crippen MR) is 115 cm³/mol. The van der Waals surface area contributed by atoms with Crippen LogP contribution in [0.25, 0.3) is 0 Å². The van der Waals surface area contributed by atoms with E-state index in [0.29, 0.717) is 18.0 Å². The highest BCUT2D eigenvalue weighted by atomic mass is 35.5. The second kappa shape index (κ2) is 9.53. The molecule has 1 saturated carbocycles. The van der Waals surface area contributed by atoms with Gasteiger partial charge < -0.3 is 15.1 Å². The van der Waals surface area contributed by atoms with Crippen LogP contribution in [0.15, 0.2) is 29.0 Å². The van der Waals surface area contributed by atoms with E-state index in [4.69, 9.17) is 16.0 Å². The van der Waals surface area contributed by atoms with Crippen LogP contribution in [-0.4, -0.2) is 31.4 Å². The number of aromatic nitrogens is 4. The highest BCUT2D eigenvalue weighted by Crippen LogP contribution is 2.46. The Kier molecular flexibility index (Phi) is 6.69. The van der Waals surface area contributed by atoms with Gasteiger partial charge in [0.05, 0.1) is 35.8 Å². The summed E-state index contributed by atoms with van der Waals surface area (Å²) in [5.74, 6) is -0.552. The van der Waals surface area contributed by atoms with E-state index < -0.39 is 28.7 Å². The van der Waals surface area contributed by atoms with Crippen molar-refractivity contribution in [2.24, 2.45) is 0 Å². The number of halogens is 4. The molecule has 1 fully saturated rings. The van der Waals surface area contributed by atoms with Crippen LogP contribution < -0.4 is 10.6 Å². The summed E-state index contributed by atoms with van der Waals surface area (Å²) in [6, 6.07) is 3.40. The molecule has 3 aromatic rings. The van der Waals surface area contributed by atoms with Gasteiger partial charge in [-0.15, -0.1) is 0 Å². The van der Waals surface area contributed by atoms with Crippen molar-refractivity contribution in [2.75, 3.05) is 5.32 Å². The summed E-state index contributed by atoms with van der Waals surface area (Å²) < 4.78 is 47.5. The molecule has 13 heteroatoms. The van der Waals surface area contributed by atoms with E-state index >= 15 is 0 Å². The number of alkyl halides is 3. The molecule has 0 spiro atoms. The lowest BCUT2D eigenvalue weighted by Gasteiger charge is -2.08. The Morgan fingerprint density at radius 1 is 1.29 bits per heavy atom. The van der Waals surface area contributed by atoms with Crippen molar-refractivity contribution in [1.82, 2.24) is 24.9 Å². The third kappa shape index (κ3) is 5.27. The molecule has 0 bridgehead atoms. The molecule has 0 atom stereocenters. The molecule has 3 heterocycles. The van der Waals surface area contributed by atoms with Crippen molar-refractivity contribution in [2.45, 2.75) is 57.9 Å². The average Bonchev–Trinajstić information content (AvgIpc) is 3.19. The van der Waals surface area contributed by atoms with Crippen molar-refractivity contribution < 1.29 is 27.2 Å². The average molecular weight is 499 g/mol. The molecular formula is C21H22ClF3N6O3. The Balaban J connectivity index is 1.43. The standard InChI is InChI=1S/C21H22ClF3N6O3/c1-2-30-11-14(17(28-30)20(33)26-10-13-4-3-9-34-13)27-15(32)7-8-31-18(12-5-6-12)16(22)19(29-31)21(23,24)25/h3-4,9,11-12H,2,5-8,10H2,1H3,(H,26,33)(H,27,32). The van der Waals surface area contributed by atoms with E-state index in [-0.39, 0.29) is 36.8 Å². The van der Waals surface area contributed by atoms with Crippen molar-refractivity contribution in [1.29, 1.82) is 0 Å². The summed E-state index contributed by atoms with van der Waals surface area (Å²) in [7, 11) is 0. The van der Waals surface area contributed by atoms with Gasteiger partial charge in [-0.1, -0.05) is 11.6 Å². The summed E-state index contributed by atoms with van der Waals surface area (Å²) in [5, 5.41) is 12.7. The second-order valence-corrected chi connectivity index (χ2v) is 8.23. The third-order valence-electron chi connectivity index (χ3n) is 5.29. The minimum absolute atomic E-state index is 0.0157. The molecule has 182 valence electrons. The topological polar surface area (TPSA) is 107 Å². The van der Waals surface area contributed by atoms with Crippen molar-refractivity contribution >= 4 is 29.1 Å².